The third-order valence-electron chi connectivity index (χ3n) is 3.39. The second-order valence-corrected chi connectivity index (χ2v) is 7.45. The molecule has 1 saturated carbocycles. The van der Waals surface area contributed by atoms with Gasteiger partial charge in [0.15, 0.2) is 5.82 Å². The van der Waals surface area contributed by atoms with Gasteiger partial charge in [0, 0.05) is 4.90 Å². The van der Waals surface area contributed by atoms with Crippen molar-refractivity contribution in [3.63, 3.8) is 0 Å². The highest BCUT2D eigenvalue weighted by atomic mass is 32.2. The molecule has 1 fully saturated rings. The average molecular weight is 295 g/mol. The molecular formula is C14H18FN3OS. The number of benzene rings is 1. The van der Waals surface area contributed by atoms with E-state index in [4.69, 9.17) is 4.74 Å². The molecule has 1 aromatic carbocycles. The van der Waals surface area contributed by atoms with Crippen molar-refractivity contribution in [1.29, 1.82) is 0 Å². The van der Waals surface area contributed by atoms with Crippen molar-refractivity contribution < 1.29 is 9.13 Å². The number of thiol groups is 1. The van der Waals surface area contributed by atoms with Crippen molar-refractivity contribution in [2.45, 2.75) is 23.8 Å². The molecule has 0 atom stereocenters. The Bertz CT molecular complexity index is 637. The minimum atomic E-state index is -0.466. The van der Waals surface area contributed by atoms with Gasteiger partial charge in [-0.05, 0) is 37.5 Å². The van der Waals surface area contributed by atoms with E-state index in [1.54, 1.807) is 19.5 Å². The van der Waals surface area contributed by atoms with Crippen molar-refractivity contribution in [3.8, 4) is 17.1 Å². The van der Waals surface area contributed by atoms with Crippen LogP contribution in [0.2, 0.25) is 0 Å². The topological polar surface area (TPSA) is 39.9 Å². The van der Waals surface area contributed by atoms with Gasteiger partial charge in [-0.1, -0.05) is 0 Å². The molecule has 2 aromatic rings. The first-order chi connectivity index (χ1) is 9.60. The van der Waals surface area contributed by atoms with E-state index in [1.165, 1.54) is 6.07 Å². The van der Waals surface area contributed by atoms with E-state index in [2.05, 4.69) is 22.6 Å². The lowest BCUT2D eigenvalue weighted by atomic mass is 10.2. The van der Waals surface area contributed by atoms with Gasteiger partial charge in [0.25, 0.3) is 0 Å². The largest absolute Gasteiger partial charge is 0.495 e. The molecule has 108 valence electrons. The van der Waals surface area contributed by atoms with Crippen LogP contribution in [0.4, 0.5) is 4.39 Å². The Morgan fingerprint density at radius 1 is 1.35 bits per heavy atom. The Morgan fingerprint density at radius 2 is 2.10 bits per heavy atom. The van der Waals surface area contributed by atoms with Crippen LogP contribution in [-0.2, 0) is 0 Å². The molecule has 0 amide bonds. The predicted octanol–water partition coefficient (Wildman–Crippen LogP) is 3.05. The van der Waals surface area contributed by atoms with Gasteiger partial charge in [-0.3, -0.25) is 0 Å². The van der Waals surface area contributed by atoms with Gasteiger partial charge in [-0.2, -0.15) is 5.10 Å². The number of hydrogen-bond acceptors (Lipinski definition) is 3. The molecule has 0 radical (unpaired) electrons. The van der Waals surface area contributed by atoms with Crippen LogP contribution in [-0.4, -0.2) is 34.4 Å². The Balaban J connectivity index is 2.10. The normalized spacial score (nSPS) is 15.3. The van der Waals surface area contributed by atoms with E-state index < -0.39 is 10.9 Å². The van der Waals surface area contributed by atoms with Gasteiger partial charge in [0.05, 0.1) is 18.7 Å². The molecule has 6 heteroatoms. The first-order valence-electron chi connectivity index (χ1n) is 6.56. The number of aromatic nitrogens is 3. The van der Waals surface area contributed by atoms with Crippen molar-refractivity contribution >= 4 is 10.9 Å². The van der Waals surface area contributed by atoms with Crippen LogP contribution in [0, 0.1) is 5.82 Å². The van der Waals surface area contributed by atoms with Crippen molar-refractivity contribution in [2.75, 3.05) is 19.6 Å². The zero-order valence-corrected chi connectivity index (χ0v) is 12.7. The number of methoxy groups -OCH3 is 1. The van der Waals surface area contributed by atoms with Crippen LogP contribution in [0.15, 0.2) is 23.4 Å². The molecule has 3 rings (SSSR count). The summed E-state index contributed by atoms with van der Waals surface area (Å²) in [6.45, 7) is 0. The second-order valence-electron chi connectivity index (χ2n) is 5.18. The molecule has 0 unspecified atom stereocenters. The highest BCUT2D eigenvalue weighted by Gasteiger charge is 2.26. The summed E-state index contributed by atoms with van der Waals surface area (Å²) in [6, 6.07) is 3.46. The fraction of sp³-hybridized carbons (Fsp3) is 0.429. The minimum Gasteiger partial charge on any atom is -0.495 e. The number of halogens is 1. The molecule has 1 aliphatic carbocycles. The molecule has 1 heterocycles. The minimum absolute atomic E-state index is 0.269. The highest BCUT2D eigenvalue weighted by Crippen LogP contribution is 2.43. The van der Waals surface area contributed by atoms with Crippen molar-refractivity contribution in [3.05, 3.63) is 24.3 Å². The van der Waals surface area contributed by atoms with Crippen LogP contribution in [0.5, 0.6) is 5.75 Å². The first-order valence-corrected chi connectivity index (χ1v) is 8.80. The van der Waals surface area contributed by atoms with Gasteiger partial charge in [0.1, 0.15) is 17.9 Å². The number of rotatable bonds is 4. The Labute approximate surface area is 120 Å². The fourth-order valence-corrected chi connectivity index (χ4v) is 3.20. The lowest BCUT2D eigenvalue weighted by Crippen LogP contribution is -1.97. The fourth-order valence-electron chi connectivity index (χ4n) is 2.21. The third-order valence-corrected chi connectivity index (χ3v) is 4.69. The van der Waals surface area contributed by atoms with Gasteiger partial charge >= 0.3 is 0 Å². The quantitative estimate of drug-likeness (QED) is 0.881. The number of hydrogen-bond donors (Lipinski definition) is 1. The molecule has 0 N–H and O–H groups in total. The zero-order chi connectivity index (χ0) is 14.3. The molecule has 20 heavy (non-hydrogen) atoms. The monoisotopic (exact) mass is 295 g/mol. The lowest BCUT2D eigenvalue weighted by molar-refractivity contribution is 0.404. The van der Waals surface area contributed by atoms with Crippen LogP contribution in [0.1, 0.15) is 18.9 Å². The van der Waals surface area contributed by atoms with Gasteiger partial charge < -0.3 is 4.74 Å². The smallest absolute Gasteiger partial charge is 0.185 e. The maximum absolute atomic E-state index is 13.9. The number of nitrogens with zero attached hydrogens (tertiary/aromatic N) is 3. The summed E-state index contributed by atoms with van der Waals surface area (Å²) in [7, 11) is 1.14. The van der Waals surface area contributed by atoms with E-state index in [0.29, 0.717) is 23.2 Å². The highest BCUT2D eigenvalue weighted by molar-refractivity contribution is 8.16. The Hall–Kier alpha value is -1.56. The molecule has 1 aliphatic rings. The average Bonchev–Trinajstić information content (AvgIpc) is 3.15. The molecule has 0 aliphatic heterocycles. The summed E-state index contributed by atoms with van der Waals surface area (Å²) in [5.41, 5.74) is 0.637. The molecule has 0 bridgehead atoms. The number of ether oxygens (including phenoxy) is 1. The maximum atomic E-state index is 13.9. The van der Waals surface area contributed by atoms with Crippen LogP contribution in [0.25, 0.3) is 11.4 Å². The van der Waals surface area contributed by atoms with E-state index >= 15 is 0 Å². The van der Waals surface area contributed by atoms with Gasteiger partial charge in [-0.25, -0.2) is 25.0 Å². The summed E-state index contributed by atoms with van der Waals surface area (Å²) in [5, 5.41) is 4.46. The van der Waals surface area contributed by atoms with Crippen LogP contribution >= 0.6 is 10.9 Å². The first kappa shape index (κ1) is 13.4. The van der Waals surface area contributed by atoms with Crippen LogP contribution < -0.4 is 4.74 Å². The summed E-state index contributed by atoms with van der Waals surface area (Å²) < 4.78 is 21.2. The van der Waals surface area contributed by atoms with Gasteiger partial charge in [0.2, 0.25) is 0 Å². The summed E-state index contributed by atoms with van der Waals surface area (Å²) in [5.74, 6) is 0.956. The van der Waals surface area contributed by atoms with Crippen molar-refractivity contribution in [1.82, 2.24) is 14.8 Å². The zero-order valence-electron chi connectivity index (χ0n) is 11.8. The second kappa shape index (κ2) is 5.09. The maximum Gasteiger partial charge on any atom is 0.185 e. The SMILES string of the molecule is COc1c(-c2ncn(C3CC3)n2)cc(F)cc1[SH](C)C. The molecule has 4 nitrogen and oxygen atoms in total. The third kappa shape index (κ3) is 2.40. The Kier molecular flexibility index (Phi) is 3.41. The van der Waals surface area contributed by atoms with Gasteiger partial charge in [-0.15, -0.1) is 0 Å². The molecule has 0 spiro atoms. The molecule has 1 aromatic heterocycles. The van der Waals surface area contributed by atoms with Crippen molar-refractivity contribution in [2.24, 2.45) is 0 Å². The standard InChI is InChI=1S/C14H18FN3OS/c1-19-13-11(6-9(15)7-12(13)20(2)3)14-16-8-18(17-14)10-4-5-10/h6-8,10,20H,4-5H2,1-3H3. The summed E-state index contributed by atoms with van der Waals surface area (Å²) in [4.78, 5) is 5.21. The Morgan fingerprint density at radius 3 is 2.70 bits per heavy atom. The van der Waals surface area contributed by atoms with E-state index in [9.17, 15) is 4.39 Å². The van der Waals surface area contributed by atoms with E-state index in [1.807, 2.05) is 4.68 Å². The molecular weight excluding hydrogens is 277 g/mol. The predicted molar refractivity (Wildman–Crippen MR) is 79.3 cm³/mol. The molecule has 0 saturated heterocycles. The van der Waals surface area contributed by atoms with E-state index in [-0.39, 0.29) is 5.82 Å². The van der Waals surface area contributed by atoms with E-state index in [0.717, 1.165) is 17.7 Å². The van der Waals surface area contributed by atoms with Crippen LogP contribution in [0.3, 0.4) is 0 Å². The summed E-state index contributed by atoms with van der Waals surface area (Å²) in [6.07, 6.45) is 8.16. The lowest BCUT2D eigenvalue weighted by Gasteiger charge is -2.17. The summed E-state index contributed by atoms with van der Waals surface area (Å²) >= 11 is 0.